The van der Waals surface area contributed by atoms with Gasteiger partial charge in [0.1, 0.15) is 0 Å². The van der Waals surface area contributed by atoms with Crippen LogP contribution in [0.15, 0.2) is 18.2 Å². The van der Waals surface area contributed by atoms with Crippen LogP contribution < -0.4 is 9.47 Å². The van der Waals surface area contributed by atoms with Crippen LogP contribution >= 0.6 is 0 Å². The largest absolute Gasteiger partial charge is 0.573 e. The van der Waals surface area contributed by atoms with Crippen LogP contribution in [-0.4, -0.2) is 26.6 Å². The number of hydrogen-bond donors (Lipinski definition) is 0. The van der Waals surface area contributed by atoms with E-state index in [2.05, 4.69) is 9.47 Å². The summed E-state index contributed by atoms with van der Waals surface area (Å²) in [5.41, 5.74) is 0.256. The van der Waals surface area contributed by atoms with E-state index in [1.807, 2.05) is 0 Å². The molecule has 0 N–H and O–H groups in total. The minimum Gasteiger partial charge on any atom is -0.493 e. The molecular formula is C11H11F3O4. The molecule has 0 unspecified atom stereocenters. The van der Waals surface area contributed by atoms with E-state index >= 15 is 0 Å². The topological polar surface area (TPSA) is 44.8 Å². The lowest BCUT2D eigenvalue weighted by Crippen LogP contribution is -2.18. The number of methoxy groups -OCH3 is 2. The van der Waals surface area contributed by atoms with Crippen LogP contribution in [0.2, 0.25) is 0 Å². The van der Waals surface area contributed by atoms with Crippen molar-refractivity contribution in [1.82, 2.24) is 0 Å². The highest BCUT2D eigenvalue weighted by Gasteiger charge is 2.33. The molecular weight excluding hydrogens is 253 g/mol. The summed E-state index contributed by atoms with van der Waals surface area (Å²) in [6.45, 7) is 0. The second-order valence-electron chi connectivity index (χ2n) is 3.25. The number of ether oxygens (including phenoxy) is 3. The van der Waals surface area contributed by atoms with Gasteiger partial charge in [0.25, 0.3) is 0 Å². The predicted molar refractivity (Wildman–Crippen MR) is 55.4 cm³/mol. The Hall–Kier alpha value is -1.92. The zero-order valence-electron chi connectivity index (χ0n) is 9.71. The second-order valence-corrected chi connectivity index (χ2v) is 3.25. The summed E-state index contributed by atoms with van der Waals surface area (Å²) in [6.07, 6.45) is -5.02. The van der Waals surface area contributed by atoms with Crippen molar-refractivity contribution in [3.05, 3.63) is 23.8 Å². The lowest BCUT2D eigenvalue weighted by Gasteiger charge is -2.15. The zero-order valence-corrected chi connectivity index (χ0v) is 9.71. The summed E-state index contributed by atoms with van der Waals surface area (Å²) in [5.74, 6) is -1.22. The first-order chi connectivity index (χ1) is 8.37. The Kier molecular flexibility index (Phi) is 4.41. The van der Waals surface area contributed by atoms with Crippen molar-refractivity contribution in [3.8, 4) is 11.5 Å². The van der Waals surface area contributed by atoms with E-state index in [9.17, 15) is 18.0 Å². The van der Waals surface area contributed by atoms with Crippen molar-refractivity contribution in [2.45, 2.75) is 12.8 Å². The van der Waals surface area contributed by atoms with Gasteiger partial charge in [-0.1, -0.05) is 12.1 Å². The smallest absolute Gasteiger partial charge is 0.493 e. The molecule has 0 amide bonds. The minimum absolute atomic E-state index is 0.139. The molecule has 0 aliphatic rings. The fraction of sp³-hybridized carbons (Fsp3) is 0.364. The third kappa shape index (κ3) is 3.83. The summed E-state index contributed by atoms with van der Waals surface area (Å²) < 4.78 is 49.5. The molecule has 0 spiro atoms. The van der Waals surface area contributed by atoms with E-state index < -0.39 is 18.1 Å². The number of esters is 1. The van der Waals surface area contributed by atoms with Crippen molar-refractivity contribution in [2.75, 3.05) is 14.2 Å². The molecule has 100 valence electrons. The van der Waals surface area contributed by atoms with Crippen molar-refractivity contribution in [1.29, 1.82) is 0 Å². The van der Waals surface area contributed by atoms with Gasteiger partial charge >= 0.3 is 12.3 Å². The minimum atomic E-state index is -4.82. The molecule has 0 atom stereocenters. The Morgan fingerprint density at radius 1 is 1.28 bits per heavy atom. The van der Waals surface area contributed by atoms with Crippen LogP contribution in [0.25, 0.3) is 0 Å². The van der Waals surface area contributed by atoms with Gasteiger partial charge in [-0.15, -0.1) is 13.2 Å². The first kappa shape index (κ1) is 14.1. The number of halogens is 3. The number of benzene rings is 1. The number of hydrogen-bond acceptors (Lipinski definition) is 4. The third-order valence-electron chi connectivity index (χ3n) is 2.05. The number of para-hydroxylation sites is 1. The molecule has 0 aliphatic heterocycles. The number of carbonyl (C=O) groups excluding carboxylic acids is 1. The molecule has 0 bridgehead atoms. The van der Waals surface area contributed by atoms with Crippen molar-refractivity contribution < 1.29 is 32.2 Å². The van der Waals surface area contributed by atoms with Crippen LogP contribution in [0, 0.1) is 0 Å². The Morgan fingerprint density at radius 2 is 1.94 bits per heavy atom. The molecule has 7 heteroatoms. The van der Waals surface area contributed by atoms with E-state index in [-0.39, 0.29) is 17.7 Å². The van der Waals surface area contributed by atoms with Crippen LogP contribution in [0.3, 0.4) is 0 Å². The van der Waals surface area contributed by atoms with Gasteiger partial charge in [-0.3, -0.25) is 4.79 Å². The Bertz CT molecular complexity index is 429. The maximum Gasteiger partial charge on any atom is 0.573 e. The summed E-state index contributed by atoms with van der Waals surface area (Å²) >= 11 is 0. The van der Waals surface area contributed by atoms with E-state index in [1.165, 1.54) is 26.4 Å². The van der Waals surface area contributed by atoms with Crippen LogP contribution in [0.1, 0.15) is 5.56 Å². The first-order valence-corrected chi connectivity index (χ1v) is 4.86. The average Bonchev–Trinajstić information content (AvgIpc) is 2.27. The van der Waals surface area contributed by atoms with Crippen molar-refractivity contribution >= 4 is 5.97 Å². The zero-order chi connectivity index (χ0) is 13.8. The normalized spacial score (nSPS) is 10.9. The molecule has 0 aromatic heterocycles. The van der Waals surface area contributed by atoms with Gasteiger partial charge in [0.15, 0.2) is 11.5 Å². The van der Waals surface area contributed by atoms with E-state index in [4.69, 9.17) is 4.74 Å². The average molecular weight is 264 g/mol. The summed E-state index contributed by atoms with van der Waals surface area (Å²) in [4.78, 5) is 11.1. The molecule has 0 saturated carbocycles. The Morgan fingerprint density at radius 3 is 2.44 bits per heavy atom. The SMILES string of the molecule is COC(=O)Cc1cccc(OC(F)(F)F)c1OC. The highest BCUT2D eigenvalue weighted by Crippen LogP contribution is 2.35. The summed E-state index contributed by atoms with van der Waals surface area (Å²) in [7, 11) is 2.38. The maximum atomic E-state index is 12.1. The monoisotopic (exact) mass is 264 g/mol. The third-order valence-corrected chi connectivity index (χ3v) is 2.05. The Balaban J connectivity index is 3.06. The second kappa shape index (κ2) is 5.61. The van der Waals surface area contributed by atoms with Crippen LogP contribution in [-0.2, 0) is 16.0 Å². The van der Waals surface area contributed by atoms with Gasteiger partial charge in [-0.2, -0.15) is 0 Å². The molecule has 1 aromatic rings. The van der Waals surface area contributed by atoms with Gasteiger partial charge in [0.05, 0.1) is 20.6 Å². The van der Waals surface area contributed by atoms with Gasteiger partial charge in [-0.05, 0) is 6.07 Å². The Labute approximate surface area is 101 Å². The van der Waals surface area contributed by atoms with Gasteiger partial charge in [0, 0.05) is 5.56 Å². The van der Waals surface area contributed by atoms with Crippen molar-refractivity contribution in [2.24, 2.45) is 0 Å². The first-order valence-electron chi connectivity index (χ1n) is 4.86. The van der Waals surface area contributed by atoms with E-state index in [0.717, 1.165) is 6.07 Å². The molecule has 18 heavy (non-hydrogen) atoms. The molecule has 0 saturated heterocycles. The van der Waals surface area contributed by atoms with Gasteiger partial charge in [0.2, 0.25) is 0 Å². The maximum absolute atomic E-state index is 12.1. The lowest BCUT2D eigenvalue weighted by molar-refractivity contribution is -0.275. The van der Waals surface area contributed by atoms with E-state index in [0.29, 0.717) is 0 Å². The number of rotatable bonds is 4. The summed E-state index contributed by atoms with van der Waals surface area (Å²) in [5, 5.41) is 0. The highest BCUT2D eigenvalue weighted by molar-refractivity contribution is 5.74. The van der Waals surface area contributed by atoms with Gasteiger partial charge in [-0.25, -0.2) is 0 Å². The standard InChI is InChI=1S/C11H11F3O4/c1-16-9(15)6-7-4-3-5-8(10(7)17-2)18-11(12,13)14/h3-5H,6H2,1-2H3. The lowest BCUT2D eigenvalue weighted by atomic mass is 10.1. The van der Waals surface area contributed by atoms with Crippen LogP contribution in [0.5, 0.6) is 11.5 Å². The van der Waals surface area contributed by atoms with Crippen LogP contribution in [0.4, 0.5) is 13.2 Å². The van der Waals surface area contributed by atoms with E-state index in [1.54, 1.807) is 0 Å². The number of carbonyl (C=O) groups is 1. The van der Waals surface area contributed by atoms with Crippen molar-refractivity contribution in [3.63, 3.8) is 0 Å². The molecule has 0 aliphatic carbocycles. The molecule has 0 heterocycles. The molecule has 0 fully saturated rings. The highest BCUT2D eigenvalue weighted by atomic mass is 19.4. The fourth-order valence-corrected chi connectivity index (χ4v) is 1.36. The molecule has 0 radical (unpaired) electrons. The molecule has 1 aromatic carbocycles. The number of alkyl halides is 3. The molecule has 1 rings (SSSR count). The quantitative estimate of drug-likeness (QED) is 0.783. The summed E-state index contributed by atoms with van der Waals surface area (Å²) in [6, 6.07) is 3.90. The fourth-order valence-electron chi connectivity index (χ4n) is 1.36. The van der Waals surface area contributed by atoms with Gasteiger partial charge < -0.3 is 14.2 Å². The molecule has 4 nitrogen and oxygen atoms in total. The predicted octanol–water partition coefficient (Wildman–Crippen LogP) is 2.31.